The van der Waals surface area contributed by atoms with E-state index in [-0.39, 0.29) is 0 Å². The lowest BCUT2D eigenvalue weighted by Gasteiger charge is -2.18. The molecule has 0 N–H and O–H groups in total. The first-order chi connectivity index (χ1) is 6.21. The highest BCUT2D eigenvalue weighted by atomic mass is 19.4. The number of hydrogen-bond donors (Lipinski definition) is 0. The van der Waals surface area contributed by atoms with Gasteiger partial charge in [0, 0.05) is 11.1 Å². The van der Waals surface area contributed by atoms with Crippen LogP contribution >= 0.6 is 0 Å². The van der Waals surface area contributed by atoms with Crippen molar-refractivity contribution >= 4 is 0 Å². The second-order valence-electron chi connectivity index (χ2n) is 2.88. The molecule has 0 nitrogen and oxygen atoms in total. The normalized spacial score (nSPS) is 19.0. The summed E-state index contributed by atoms with van der Waals surface area (Å²) in [5.74, 6) is 0. The minimum absolute atomic E-state index is 0.492. The van der Waals surface area contributed by atoms with Gasteiger partial charge in [0.05, 0.1) is 0 Å². The van der Waals surface area contributed by atoms with Crippen LogP contribution in [0.1, 0.15) is 12.8 Å². The third-order valence-electron chi connectivity index (χ3n) is 1.88. The number of halogens is 6. The summed E-state index contributed by atoms with van der Waals surface area (Å²) in [4.78, 5) is 0. The summed E-state index contributed by atoms with van der Waals surface area (Å²) in [5, 5.41) is 0. The van der Waals surface area contributed by atoms with E-state index in [0.29, 0.717) is 12.2 Å². The zero-order chi connectivity index (χ0) is 11.0. The predicted octanol–water partition coefficient (Wildman–Crippen LogP) is 3.76. The van der Waals surface area contributed by atoms with Gasteiger partial charge >= 0.3 is 12.4 Å². The molecule has 1 rings (SSSR count). The first-order valence-electron chi connectivity index (χ1n) is 3.75. The molecule has 0 aromatic carbocycles. The molecule has 0 fully saturated rings. The standard InChI is InChI=1S/C8H6F6/c9-7(10,11)5-1-2-6(4-3-5)8(12,13)14/h1-2H,3-4H2. The zero-order valence-electron chi connectivity index (χ0n) is 6.84. The number of hydrogen-bond acceptors (Lipinski definition) is 0. The van der Waals surface area contributed by atoms with Crippen LogP contribution in [0.4, 0.5) is 26.3 Å². The van der Waals surface area contributed by atoms with Gasteiger partial charge in [-0.15, -0.1) is 0 Å². The lowest BCUT2D eigenvalue weighted by Crippen LogP contribution is -2.18. The molecule has 0 radical (unpaired) electrons. The van der Waals surface area contributed by atoms with Crippen molar-refractivity contribution in [2.24, 2.45) is 0 Å². The Bertz CT molecular complexity index is 247. The topological polar surface area (TPSA) is 0 Å². The quantitative estimate of drug-likeness (QED) is 0.541. The van der Waals surface area contributed by atoms with Crippen molar-refractivity contribution in [1.29, 1.82) is 0 Å². The van der Waals surface area contributed by atoms with E-state index in [1.165, 1.54) is 0 Å². The number of alkyl halides is 6. The maximum absolute atomic E-state index is 12.0. The Hall–Kier alpha value is -0.940. The second kappa shape index (κ2) is 3.33. The molecule has 0 saturated heterocycles. The van der Waals surface area contributed by atoms with Crippen molar-refractivity contribution in [1.82, 2.24) is 0 Å². The van der Waals surface area contributed by atoms with Gasteiger partial charge < -0.3 is 0 Å². The van der Waals surface area contributed by atoms with Gasteiger partial charge in [-0.25, -0.2) is 0 Å². The Kier molecular flexibility index (Phi) is 2.65. The fourth-order valence-electron chi connectivity index (χ4n) is 1.11. The lowest BCUT2D eigenvalue weighted by atomic mass is 9.98. The van der Waals surface area contributed by atoms with Crippen LogP contribution < -0.4 is 0 Å². The van der Waals surface area contributed by atoms with Crippen LogP contribution in [0, 0.1) is 0 Å². The van der Waals surface area contributed by atoms with Crippen LogP contribution in [-0.2, 0) is 0 Å². The van der Waals surface area contributed by atoms with E-state index in [9.17, 15) is 26.3 Å². The van der Waals surface area contributed by atoms with E-state index in [1.54, 1.807) is 0 Å². The monoisotopic (exact) mass is 216 g/mol. The summed E-state index contributed by atoms with van der Waals surface area (Å²) in [6.07, 6.45) is -9.26. The molecule has 0 heterocycles. The summed E-state index contributed by atoms with van der Waals surface area (Å²) in [5.41, 5.74) is -1.82. The first-order valence-corrected chi connectivity index (χ1v) is 3.75. The van der Waals surface area contributed by atoms with Crippen molar-refractivity contribution in [3.8, 4) is 0 Å². The average molecular weight is 216 g/mol. The molecule has 6 heteroatoms. The minimum atomic E-state index is -4.52. The Labute approximate surface area is 75.9 Å². The van der Waals surface area contributed by atoms with Crippen LogP contribution in [0.3, 0.4) is 0 Å². The van der Waals surface area contributed by atoms with E-state index in [2.05, 4.69) is 0 Å². The third-order valence-corrected chi connectivity index (χ3v) is 1.88. The van der Waals surface area contributed by atoms with E-state index in [0.717, 1.165) is 0 Å². The lowest BCUT2D eigenvalue weighted by molar-refractivity contribution is -0.102. The maximum Gasteiger partial charge on any atom is 0.412 e. The van der Waals surface area contributed by atoms with Gasteiger partial charge in [-0.2, -0.15) is 26.3 Å². The van der Waals surface area contributed by atoms with E-state index in [4.69, 9.17) is 0 Å². The Morgan fingerprint density at radius 3 is 1.14 bits per heavy atom. The largest absolute Gasteiger partial charge is 0.412 e. The van der Waals surface area contributed by atoms with Crippen LogP contribution in [0.15, 0.2) is 23.3 Å². The molecular weight excluding hydrogens is 210 g/mol. The Balaban J connectivity index is 2.85. The fraction of sp³-hybridized carbons (Fsp3) is 0.500. The van der Waals surface area contributed by atoms with Crippen LogP contribution in [0.25, 0.3) is 0 Å². The van der Waals surface area contributed by atoms with Crippen molar-refractivity contribution in [3.05, 3.63) is 23.3 Å². The molecule has 1 aliphatic rings. The average Bonchev–Trinajstić information content (AvgIpc) is 2.01. The fourth-order valence-corrected chi connectivity index (χ4v) is 1.11. The van der Waals surface area contributed by atoms with Gasteiger partial charge in [0.25, 0.3) is 0 Å². The van der Waals surface area contributed by atoms with Gasteiger partial charge in [0.2, 0.25) is 0 Å². The summed E-state index contributed by atoms with van der Waals surface area (Å²) in [6, 6.07) is 0. The van der Waals surface area contributed by atoms with Gasteiger partial charge in [-0.3, -0.25) is 0 Å². The molecule has 0 aromatic heterocycles. The molecule has 80 valence electrons. The van der Waals surface area contributed by atoms with Gasteiger partial charge in [-0.05, 0) is 12.8 Å². The highest BCUT2D eigenvalue weighted by Gasteiger charge is 2.38. The molecule has 0 unspecified atom stereocenters. The molecule has 0 bridgehead atoms. The van der Waals surface area contributed by atoms with Gasteiger partial charge in [-0.1, -0.05) is 12.2 Å². The Morgan fingerprint density at radius 1 is 0.714 bits per heavy atom. The summed E-state index contributed by atoms with van der Waals surface area (Å²) >= 11 is 0. The molecule has 0 amide bonds. The zero-order valence-corrected chi connectivity index (χ0v) is 6.84. The molecule has 0 aromatic rings. The van der Waals surface area contributed by atoms with Crippen LogP contribution in [0.2, 0.25) is 0 Å². The van der Waals surface area contributed by atoms with Crippen molar-refractivity contribution in [3.63, 3.8) is 0 Å². The molecule has 14 heavy (non-hydrogen) atoms. The van der Waals surface area contributed by atoms with Crippen LogP contribution in [0.5, 0.6) is 0 Å². The van der Waals surface area contributed by atoms with E-state index in [1.807, 2.05) is 0 Å². The van der Waals surface area contributed by atoms with Gasteiger partial charge in [0.15, 0.2) is 0 Å². The number of rotatable bonds is 0. The maximum atomic E-state index is 12.0. The van der Waals surface area contributed by atoms with E-state index >= 15 is 0 Å². The predicted molar refractivity (Wildman–Crippen MR) is 37.5 cm³/mol. The highest BCUT2D eigenvalue weighted by molar-refractivity contribution is 5.28. The Morgan fingerprint density at radius 2 is 1.00 bits per heavy atom. The SMILES string of the molecule is FC(F)(F)C1=CC=C(C(F)(F)F)CC1. The first kappa shape index (κ1) is 11.1. The molecule has 1 aliphatic carbocycles. The van der Waals surface area contributed by atoms with Crippen molar-refractivity contribution in [2.45, 2.75) is 25.2 Å². The minimum Gasteiger partial charge on any atom is -0.166 e. The van der Waals surface area contributed by atoms with Gasteiger partial charge in [0.1, 0.15) is 0 Å². The molecular formula is C8H6F6. The van der Waals surface area contributed by atoms with E-state index < -0.39 is 36.3 Å². The molecule has 0 spiro atoms. The third kappa shape index (κ3) is 2.52. The number of allylic oxidation sites excluding steroid dienone is 4. The van der Waals surface area contributed by atoms with Crippen LogP contribution in [-0.4, -0.2) is 12.4 Å². The van der Waals surface area contributed by atoms with Crippen molar-refractivity contribution in [2.75, 3.05) is 0 Å². The van der Waals surface area contributed by atoms with Crippen molar-refractivity contribution < 1.29 is 26.3 Å². The molecule has 0 atom stereocenters. The summed E-state index contributed by atoms with van der Waals surface area (Å²) in [6.45, 7) is 0. The second-order valence-corrected chi connectivity index (χ2v) is 2.88. The molecule has 0 aliphatic heterocycles. The highest BCUT2D eigenvalue weighted by Crippen LogP contribution is 2.37. The smallest absolute Gasteiger partial charge is 0.166 e. The molecule has 0 saturated carbocycles. The summed E-state index contributed by atoms with van der Waals surface area (Å²) in [7, 11) is 0. The summed E-state index contributed by atoms with van der Waals surface area (Å²) < 4.78 is 71.9.